The third kappa shape index (κ3) is 2.27. The Hall–Kier alpha value is -1.71. The second kappa shape index (κ2) is 5.24. The second-order valence-corrected chi connectivity index (χ2v) is 6.28. The van der Waals surface area contributed by atoms with Gasteiger partial charge in [0.1, 0.15) is 0 Å². The molecule has 21 heavy (non-hydrogen) atoms. The minimum absolute atomic E-state index is 0.215. The van der Waals surface area contributed by atoms with Gasteiger partial charge in [-0.25, -0.2) is 0 Å². The van der Waals surface area contributed by atoms with Crippen molar-refractivity contribution in [3.05, 3.63) is 23.8 Å². The maximum absolute atomic E-state index is 12.7. The molecule has 1 aromatic carbocycles. The average molecular weight is 287 g/mol. The zero-order valence-electron chi connectivity index (χ0n) is 12.2. The summed E-state index contributed by atoms with van der Waals surface area (Å²) in [5.41, 5.74) is 1.18. The second-order valence-electron chi connectivity index (χ2n) is 6.28. The third-order valence-corrected chi connectivity index (χ3v) is 5.02. The molecule has 0 radical (unpaired) electrons. The number of benzene rings is 1. The van der Waals surface area contributed by atoms with Crippen LogP contribution in [0.2, 0.25) is 0 Å². The third-order valence-electron chi connectivity index (χ3n) is 5.02. The number of amides is 1. The first-order valence-electron chi connectivity index (χ1n) is 8.03. The summed E-state index contributed by atoms with van der Waals surface area (Å²) in [4.78, 5) is 14.8. The number of hydrogen-bond acceptors (Lipinski definition) is 3. The number of fused-ring (bicyclic) bond motifs is 1. The standard InChI is InChI=1S/C17H21NO3/c19-17(12-4-1-2-5-12)18-9-3-6-14(18)13-7-8-15-16(10-13)21-11-20-15/h7-8,10,12,14H,1-6,9,11H2/t14-/m1/s1. The zero-order chi connectivity index (χ0) is 14.2. The van der Waals surface area contributed by atoms with Crippen molar-refractivity contribution in [1.82, 2.24) is 4.90 Å². The summed E-state index contributed by atoms with van der Waals surface area (Å²) < 4.78 is 10.8. The van der Waals surface area contributed by atoms with Gasteiger partial charge in [-0.15, -0.1) is 0 Å². The number of carbonyl (C=O) groups is 1. The molecule has 2 heterocycles. The van der Waals surface area contributed by atoms with E-state index in [0.29, 0.717) is 12.7 Å². The van der Waals surface area contributed by atoms with Crippen LogP contribution in [0.5, 0.6) is 11.5 Å². The van der Waals surface area contributed by atoms with Crippen molar-refractivity contribution in [3.8, 4) is 11.5 Å². The van der Waals surface area contributed by atoms with Gasteiger partial charge in [0.25, 0.3) is 0 Å². The Morgan fingerprint density at radius 1 is 1.05 bits per heavy atom. The van der Waals surface area contributed by atoms with E-state index >= 15 is 0 Å². The molecule has 2 fully saturated rings. The van der Waals surface area contributed by atoms with Gasteiger partial charge in [-0.2, -0.15) is 0 Å². The monoisotopic (exact) mass is 287 g/mol. The van der Waals surface area contributed by atoms with E-state index in [9.17, 15) is 4.79 Å². The van der Waals surface area contributed by atoms with Crippen LogP contribution >= 0.6 is 0 Å². The Morgan fingerprint density at radius 3 is 2.71 bits per heavy atom. The molecule has 0 N–H and O–H groups in total. The van der Waals surface area contributed by atoms with Crippen LogP contribution in [0.25, 0.3) is 0 Å². The van der Waals surface area contributed by atoms with Crippen molar-refractivity contribution in [1.29, 1.82) is 0 Å². The molecule has 4 nitrogen and oxygen atoms in total. The summed E-state index contributed by atoms with van der Waals surface area (Å²) in [6, 6.07) is 6.31. The topological polar surface area (TPSA) is 38.8 Å². The highest BCUT2D eigenvalue weighted by Crippen LogP contribution is 2.40. The molecule has 1 saturated heterocycles. The van der Waals surface area contributed by atoms with Gasteiger partial charge in [0.05, 0.1) is 6.04 Å². The van der Waals surface area contributed by atoms with Crippen LogP contribution in [0.3, 0.4) is 0 Å². The van der Waals surface area contributed by atoms with Crippen molar-refractivity contribution >= 4 is 5.91 Å². The Labute approximate surface area is 125 Å². The molecule has 2 aliphatic heterocycles. The average Bonchev–Trinajstić information content (AvgIpc) is 3.24. The molecule has 112 valence electrons. The largest absolute Gasteiger partial charge is 0.454 e. The molecule has 3 aliphatic rings. The van der Waals surface area contributed by atoms with Crippen molar-refractivity contribution in [2.45, 2.75) is 44.6 Å². The number of nitrogens with zero attached hydrogens (tertiary/aromatic N) is 1. The minimum Gasteiger partial charge on any atom is -0.454 e. The molecule has 0 aromatic heterocycles. The van der Waals surface area contributed by atoms with E-state index in [1.165, 1.54) is 18.4 Å². The van der Waals surface area contributed by atoms with Gasteiger partial charge in [-0.05, 0) is 43.4 Å². The van der Waals surface area contributed by atoms with Crippen LogP contribution in [-0.2, 0) is 4.79 Å². The number of likely N-dealkylation sites (tertiary alicyclic amines) is 1. The van der Waals surface area contributed by atoms with E-state index in [0.717, 1.165) is 43.7 Å². The van der Waals surface area contributed by atoms with Crippen LogP contribution in [0.15, 0.2) is 18.2 Å². The Morgan fingerprint density at radius 2 is 1.86 bits per heavy atom. The molecule has 4 heteroatoms. The molecule has 0 unspecified atom stereocenters. The molecule has 1 aliphatic carbocycles. The molecular formula is C17H21NO3. The Bertz CT molecular complexity index is 551. The summed E-state index contributed by atoms with van der Waals surface area (Å²) >= 11 is 0. The molecular weight excluding hydrogens is 266 g/mol. The quantitative estimate of drug-likeness (QED) is 0.838. The highest BCUT2D eigenvalue weighted by molar-refractivity contribution is 5.80. The summed E-state index contributed by atoms with van der Waals surface area (Å²) in [5, 5.41) is 0. The fourth-order valence-electron chi connectivity index (χ4n) is 3.90. The number of carbonyl (C=O) groups excluding carboxylic acids is 1. The molecule has 1 atom stereocenters. The smallest absolute Gasteiger partial charge is 0.231 e. The summed E-state index contributed by atoms with van der Waals surface area (Å²) in [6.45, 7) is 1.20. The van der Waals surface area contributed by atoms with Crippen LogP contribution in [0.1, 0.15) is 50.1 Å². The van der Waals surface area contributed by atoms with Gasteiger partial charge in [0, 0.05) is 12.5 Å². The van der Waals surface area contributed by atoms with E-state index in [1.807, 2.05) is 12.1 Å². The summed E-state index contributed by atoms with van der Waals surface area (Å²) in [6.07, 6.45) is 6.71. The van der Waals surface area contributed by atoms with E-state index in [-0.39, 0.29) is 12.0 Å². The van der Waals surface area contributed by atoms with E-state index in [4.69, 9.17) is 9.47 Å². The predicted octanol–water partition coefficient (Wildman–Crippen LogP) is 3.27. The van der Waals surface area contributed by atoms with Crippen LogP contribution in [0.4, 0.5) is 0 Å². The van der Waals surface area contributed by atoms with Gasteiger partial charge < -0.3 is 14.4 Å². The van der Waals surface area contributed by atoms with Crippen molar-refractivity contribution < 1.29 is 14.3 Å². The number of hydrogen-bond donors (Lipinski definition) is 0. The molecule has 0 spiro atoms. The number of rotatable bonds is 2. The summed E-state index contributed by atoms with van der Waals surface area (Å²) in [7, 11) is 0. The Balaban J connectivity index is 1.57. The van der Waals surface area contributed by atoms with Crippen LogP contribution in [0, 0.1) is 5.92 Å². The van der Waals surface area contributed by atoms with E-state index in [1.54, 1.807) is 0 Å². The first kappa shape index (κ1) is 13.0. The van der Waals surface area contributed by atoms with Crippen LogP contribution in [-0.4, -0.2) is 24.1 Å². The molecule has 1 amide bonds. The highest BCUT2D eigenvalue weighted by Gasteiger charge is 2.35. The van der Waals surface area contributed by atoms with Crippen molar-refractivity contribution in [2.24, 2.45) is 5.92 Å². The zero-order valence-corrected chi connectivity index (χ0v) is 12.2. The maximum Gasteiger partial charge on any atom is 0.231 e. The normalized spacial score (nSPS) is 24.8. The molecule has 1 saturated carbocycles. The van der Waals surface area contributed by atoms with E-state index in [2.05, 4.69) is 11.0 Å². The Kier molecular flexibility index (Phi) is 3.24. The first-order chi connectivity index (χ1) is 10.3. The predicted molar refractivity (Wildman–Crippen MR) is 78.2 cm³/mol. The fraction of sp³-hybridized carbons (Fsp3) is 0.588. The fourth-order valence-corrected chi connectivity index (χ4v) is 3.90. The lowest BCUT2D eigenvalue weighted by Gasteiger charge is -2.28. The lowest BCUT2D eigenvalue weighted by atomic mass is 10.0. The van der Waals surface area contributed by atoms with Crippen molar-refractivity contribution in [3.63, 3.8) is 0 Å². The van der Waals surface area contributed by atoms with Crippen molar-refractivity contribution in [2.75, 3.05) is 13.3 Å². The van der Waals surface area contributed by atoms with Gasteiger partial charge in [0.15, 0.2) is 11.5 Å². The van der Waals surface area contributed by atoms with Gasteiger partial charge in [-0.3, -0.25) is 4.79 Å². The highest BCUT2D eigenvalue weighted by atomic mass is 16.7. The lowest BCUT2D eigenvalue weighted by Crippen LogP contribution is -2.34. The molecule has 4 rings (SSSR count). The lowest BCUT2D eigenvalue weighted by molar-refractivity contribution is -0.136. The number of ether oxygens (including phenoxy) is 2. The van der Waals surface area contributed by atoms with Gasteiger partial charge >= 0.3 is 0 Å². The maximum atomic E-state index is 12.7. The van der Waals surface area contributed by atoms with Crippen LogP contribution < -0.4 is 9.47 Å². The molecule has 0 bridgehead atoms. The summed E-state index contributed by atoms with van der Waals surface area (Å²) in [5.74, 6) is 2.25. The molecule has 1 aromatic rings. The minimum atomic E-state index is 0.215. The first-order valence-corrected chi connectivity index (χ1v) is 8.03. The SMILES string of the molecule is O=C(C1CCCC1)N1CCC[C@@H]1c1ccc2c(c1)OCO2. The van der Waals surface area contributed by atoms with Gasteiger partial charge in [0.2, 0.25) is 12.7 Å². The van der Waals surface area contributed by atoms with E-state index < -0.39 is 0 Å². The van der Waals surface area contributed by atoms with Gasteiger partial charge in [-0.1, -0.05) is 18.9 Å².